The van der Waals surface area contributed by atoms with Crippen LogP contribution in [-0.2, 0) is 32.7 Å². The zero-order valence-electron chi connectivity index (χ0n) is 34.7. The highest BCUT2D eigenvalue weighted by Gasteiger charge is 2.39. The van der Waals surface area contributed by atoms with Gasteiger partial charge in [0.05, 0.1) is 46.1 Å². The van der Waals surface area contributed by atoms with E-state index < -0.39 is 50.8 Å². The third kappa shape index (κ3) is 27.4. The minimum Gasteiger partial charge on any atom is -0.756 e. The zero-order chi connectivity index (χ0) is 41.0. The highest BCUT2D eigenvalue weighted by atomic mass is 31.2. The van der Waals surface area contributed by atoms with E-state index in [-0.39, 0.29) is 44.3 Å². The molecule has 55 heavy (non-hydrogen) atoms. The first kappa shape index (κ1) is 51.1. The van der Waals surface area contributed by atoms with E-state index in [1.54, 1.807) is 6.08 Å². The molecule has 0 aromatic rings. The molecule has 1 saturated carbocycles. The molecule has 3 N–H and O–H groups in total. The van der Waals surface area contributed by atoms with Crippen LogP contribution in [0, 0.1) is 11.8 Å². The summed E-state index contributed by atoms with van der Waals surface area (Å²) in [6, 6.07) is 0. The maximum atomic E-state index is 12.7. The number of likely N-dealkylation sites (N-methyl/N-ethyl adjacent to an activating group) is 1. The average molecular weight is 802 g/mol. The number of carbonyl (C=O) groups is 2. The molecule has 13 heteroatoms. The Morgan fingerprint density at radius 2 is 1.44 bits per heavy atom. The van der Waals surface area contributed by atoms with Crippen molar-refractivity contribution < 1.29 is 57.4 Å². The lowest BCUT2D eigenvalue weighted by atomic mass is 9.89. The number of quaternary nitrogens is 1. The molecule has 1 rings (SSSR count). The summed E-state index contributed by atoms with van der Waals surface area (Å²) in [4.78, 5) is 37.6. The van der Waals surface area contributed by atoms with Gasteiger partial charge in [-0.05, 0) is 57.3 Å². The first-order valence-corrected chi connectivity index (χ1v) is 22.4. The maximum absolute atomic E-state index is 12.7. The fourth-order valence-corrected chi connectivity index (χ4v) is 7.00. The number of hydrogen-bond donors (Lipinski definition) is 3. The molecular formula is C42H76NO11P. The van der Waals surface area contributed by atoms with Crippen LogP contribution in [0.25, 0.3) is 0 Å². The molecule has 0 aromatic carbocycles. The molecule has 0 bridgehead atoms. The lowest BCUT2D eigenvalue weighted by Gasteiger charge is -2.28. The van der Waals surface area contributed by atoms with E-state index in [2.05, 4.69) is 26.0 Å². The molecular weight excluding hydrogens is 725 g/mol. The van der Waals surface area contributed by atoms with E-state index in [0.29, 0.717) is 43.1 Å². The van der Waals surface area contributed by atoms with Gasteiger partial charge in [0, 0.05) is 25.2 Å². The van der Waals surface area contributed by atoms with Crippen LogP contribution in [0.1, 0.15) is 136 Å². The van der Waals surface area contributed by atoms with E-state index in [4.69, 9.17) is 18.5 Å². The van der Waals surface area contributed by atoms with Crippen molar-refractivity contribution >= 4 is 19.8 Å². The number of esters is 2. The number of unbranched alkanes of at least 4 members (excludes halogenated alkanes) is 10. The topological polar surface area (TPSA) is 172 Å². The second-order valence-corrected chi connectivity index (χ2v) is 17.4. The van der Waals surface area contributed by atoms with Crippen LogP contribution in [0.3, 0.4) is 0 Å². The fourth-order valence-electron chi connectivity index (χ4n) is 6.27. The summed E-state index contributed by atoms with van der Waals surface area (Å²) in [6.07, 6.45) is 24.2. The van der Waals surface area contributed by atoms with Crippen LogP contribution >= 0.6 is 7.82 Å². The van der Waals surface area contributed by atoms with Gasteiger partial charge in [-0.3, -0.25) is 14.2 Å². The van der Waals surface area contributed by atoms with Crippen molar-refractivity contribution in [2.45, 2.75) is 160 Å². The van der Waals surface area contributed by atoms with Crippen LogP contribution in [0.2, 0.25) is 0 Å². The summed E-state index contributed by atoms with van der Waals surface area (Å²) in [6.45, 7) is 3.77. The Kier molecular flexibility index (Phi) is 28.1. The number of phosphoric acid groups is 1. The van der Waals surface area contributed by atoms with Crippen LogP contribution in [-0.4, -0.2) is 104 Å². The molecule has 0 radical (unpaired) electrons. The van der Waals surface area contributed by atoms with E-state index in [9.17, 15) is 34.4 Å². The second kappa shape index (κ2) is 30.2. The number of carbonyl (C=O) groups excluding carboxylic acids is 2. The van der Waals surface area contributed by atoms with Gasteiger partial charge in [-0.15, -0.1) is 0 Å². The third-order valence-electron chi connectivity index (χ3n) is 9.70. The Hall–Kier alpha value is -1.89. The number of phosphoric ester groups is 1. The molecule has 0 heterocycles. The molecule has 1 fully saturated rings. The SMILES string of the molecule is CCCC/C=C\CCCCCCCC(=O)OC[C@H](COP(=O)([O-])OCC[N+](C)(C)C)OC(=O)CCC/C=C/C[C@@H]1[C@@H](/C=C/[C@@H](O)CCCCC)[C@H](O)C[C@@H]1O. The second-order valence-electron chi connectivity index (χ2n) is 16.0. The van der Waals surface area contributed by atoms with Crippen molar-refractivity contribution in [1.29, 1.82) is 0 Å². The van der Waals surface area contributed by atoms with Gasteiger partial charge in [-0.2, -0.15) is 0 Å². The van der Waals surface area contributed by atoms with E-state index in [1.807, 2.05) is 39.4 Å². The molecule has 1 unspecified atom stereocenters. The normalized spacial score (nSPS) is 21.4. The van der Waals surface area contributed by atoms with Gasteiger partial charge < -0.3 is 43.2 Å². The van der Waals surface area contributed by atoms with Crippen molar-refractivity contribution in [2.24, 2.45) is 11.8 Å². The predicted octanol–water partition coefficient (Wildman–Crippen LogP) is 7.10. The van der Waals surface area contributed by atoms with Crippen LogP contribution in [0.5, 0.6) is 0 Å². The number of hydrogen-bond acceptors (Lipinski definition) is 11. The standard InChI is InChI=1S/C42H76NO11P/c1-6-8-10-11-12-13-14-15-16-17-22-26-41(47)51-33-36(34-53-55(49,50)52-31-30-43(3,4)5)54-42(48)27-23-19-18-21-25-37-38(40(46)32-39(37)45)29-28-35(44)24-20-9-7-2/h11-12,18,21,28-29,35-40,44-46H,6-10,13-17,19-20,22-27,30-34H2,1-5H3/b12-11-,21-18+,29-28+/t35-,36+,37+,38+,39-,40+/m0/s1. The summed E-state index contributed by atoms with van der Waals surface area (Å²) >= 11 is 0. The van der Waals surface area contributed by atoms with Gasteiger partial charge in [0.1, 0.15) is 19.8 Å². The Morgan fingerprint density at radius 1 is 0.800 bits per heavy atom. The Morgan fingerprint density at radius 3 is 2.15 bits per heavy atom. The van der Waals surface area contributed by atoms with E-state index in [1.165, 1.54) is 12.8 Å². The quantitative estimate of drug-likeness (QED) is 0.0203. The average Bonchev–Trinajstić information content (AvgIpc) is 3.39. The summed E-state index contributed by atoms with van der Waals surface area (Å²) in [7, 11) is 1.01. The monoisotopic (exact) mass is 802 g/mol. The van der Waals surface area contributed by atoms with Gasteiger partial charge in [0.2, 0.25) is 0 Å². The third-order valence-corrected chi connectivity index (χ3v) is 10.7. The Balaban J connectivity index is 2.57. The molecule has 12 nitrogen and oxygen atoms in total. The highest BCUT2D eigenvalue weighted by Crippen LogP contribution is 2.38. The van der Waals surface area contributed by atoms with Crippen LogP contribution in [0.15, 0.2) is 36.5 Å². The molecule has 0 saturated heterocycles. The lowest BCUT2D eigenvalue weighted by molar-refractivity contribution is -0.870. The number of allylic oxidation sites excluding steroid dienone is 4. The van der Waals surface area contributed by atoms with E-state index >= 15 is 0 Å². The smallest absolute Gasteiger partial charge is 0.306 e. The molecule has 7 atom stereocenters. The van der Waals surface area contributed by atoms with Crippen molar-refractivity contribution in [3.05, 3.63) is 36.5 Å². The molecule has 0 aromatic heterocycles. The molecule has 1 aliphatic carbocycles. The predicted molar refractivity (Wildman–Crippen MR) is 215 cm³/mol. The molecule has 0 spiro atoms. The highest BCUT2D eigenvalue weighted by molar-refractivity contribution is 7.45. The maximum Gasteiger partial charge on any atom is 0.306 e. The minimum atomic E-state index is -4.69. The number of rotatable bonds is 33. The van der Waals surface area contributed by atoms with Gasteiger partial charge in [-0.25, -0.2) is 0 Å². The first-order chi connectivity index (χ1) is 26.2. The number of nitrogens with zero attached hydrogens (tertiary/aromatic N) is 1. The minimum absolute atomic E-state index is 0.0460. The van der Waals surface area contributed by atoms with Crippen molar-refractivity contribution in [3.8, 4) is 0 Å². The molecule has 0 amide bonds. The van der Waals surface area contributed by atoms with Gasteiger partial charge in [-0.1, -0.05) is 102 Å². The van der Waals surface area contributed by atoms with E-state index in [0.717, 1.165) is 57.8 Å². The van der Waals surface area contributed by atoms with Crippen LogP contribution in [0.4, 0.5) is 0 Å². The number of aliphatic hydroxyl groups is 3. The molecule has 0 aliphatic heterocycles. The van der Waals surface area contributed by atoms with Crippen molar-refractivity contribution in [3.63, 3.8) is 0 Å². The van der Waals surface area contributed by atoms with Crippen molar-refractivity contribution in [2.75, 3.05) is 47.5 Å². The van der Waals surface area contributed by atoms with Crippen molar-refractivity contribution in [1.82, 2.24) is 0 Å². The summed E-state index contributed by atoms with van der Waals surface area (Å²) < 4.78 is 33.7. The summed E-state index contributed by atoms with van der Waals surface area (Å²) in [5.41, 5.74) is 0. The lowest BCUT2D eigenvalue weighted by Crippen LogP contribution is -2.37. The summed E-state index contributed by atoms with van der Waals surface area (Å²) in [5, 5.41) is 31.3. The Labute approximate surface area is 332 Å². The van der Waals surface area contributed by atoms with Crippen LogP contribution < -0.4 is 4.89 Å². The molecule has 1 aliphatic rings. The van der Waals surface area contributed by atoms with Gasteiger partial charge in [0.25, 0.3) is 7.82 Å². The molecule has 320 valence electrons. The summed E-state index contributed by atoms with van der Waals surface area (Å²) in [5.74, 6) is -1.47. The fraction of sp³-hybridized carbons (Fsp3) is 0.810. The number of aliphatic hydroxyl groups excluding tert-OH is 3. The first-order valence-electron chi connectivity index (χ1n) is 21.0. The van der Waals surface area contributed by atoms with Gasteiger partial charge in [0.15, 0.2) is 6.10 Å². The number of ether oxygens (including phenoxy) is 2. The van der Waals surface area contributed by atoms with Gasteiger partial charge >= 0.3 is 11.9 Å². The zero-order valence-corrected chi connectivity index (χ0v) is 35.6. The largest absolute Gasteiger partial charge is 0.756 e. The Bertz CT molecular complexity index is 1150.